The largest absolute Gasteiger partial charge is 0.481 e. The van der Waals surface area contributed by atoms with Crippen LogP contribution in [0.4, 0.5) is 16.4 Å². The van der Waals surface area contributed by atoms with Gasteiger partial charge in [0.05, 0.1) is 26.5 Å². The molecule has 0 spiro atoms. The summed E-state index contributed by atoms with van der Waals surface area (Å²) in [5.41, 5.74) is -2.54. The van der Waals surface area contributed by atoms with Crippen molar-refractivity contribution in [1.82, 2.24) is 4.90 Å². The van der Waals surface area contributed by atoms with E-state index in [1.165, 1.54) is 58.0 Å². The van der Waals surface area contributed by atoms with E-state index in [0.717, 1.165) is 12.1 Å². The maximum Gasteiger partial charge on any atom is 0.316 e. The van der Waals surface area contributed by atoms with Crippen molar-refractivity contribution < 1.29 is 29.3 Å². The van der Waals surface area contributed by atoms with Gasteiger partial charge < -0.3 is 10.0 Å². The molecule has 4 rings (SSSR count). The highest BCUT2D eigenvalue weighted by Crippen LogP contribution is 2.46. The molecule has 2 amide bonds. The van der Waals surface area contributed by atoms with Gasteiger partial charge in [0.25, 0.3) is 11.4 Å². The average molecular weight is 519 g/mol. The molecule has 2 fully saturated rings. The van der Waals surface area contributed by atoms with Crippen LogP contribution in [0.5, 0.6) is 0 Å². The Kier molecular flexibility index (Phi) is 6.34. The fourth-order valence-corrected chi connectivity index (χ4v) is 6.43. The highest BCUT2D eigenvalue weighted by molar-refractivity contribution is 8.00. The second-order valence-electron chi connectivity index (χ2n) is 8.00. The molecule has 0 bridgehead atoms. The molecule has 2 unspecified atom stereocenters. The molecule has 2 saturated heterocycles. The van der Waals surface area contributed by atoms with Crippen LogP contribution in [0.3, 0.4) is 0 Å². The summed E-state index contributed by atoms with van der Waals surface area (Å²) < 4.78 is 0. The zero-order valence-electron chi connectivity index (χ0n) is 18.1. The zero-order chi connectivity index (χ0) is 25.5. The molecule has 35 heavy (non-hydrogen) atoms. The molecule has 0 radical (unpaired) electrons. The number of nitro benzene ring substituents is 2. The number of nitro groups is 2. The highest BCUT2D eigenvalue weighted by Gasteiger charge is 2.59. The Bertz CT molecular complexity index is 1260. The Balaban J connectivity index is 1.60. The number of carbonyl (C=O) groups is 3. The minimum atomic E-state index is -1.54. The maximum atomic E-state index is 13.0. The van der Waals surface area contributed by atoms with Crippen molar-refractivity contribution in [2.75, 3.05) is 17.2 Å². The van der Waals surface area contributed by atoms with E-state index in [2.05, 4.69) is 0 Å². The van der Waals surface area contributed by atoms with Gasteiger partial charge in [-0.15, -0.1) is 23.1 Å². The van der Waals surface area contributed by atoms with Gasteiger partial charge in [-0.3, -0.25) is 39.5 Å². The third-order valence-corrected chi connectivity index (χ3v) is 8.27. The number of benzene rings is 1. The number of rotatable bonds is 7. The number of carboxylic acids is 1. The zero-order valence-corrected chi connectivity index (χ0v) is 19.7. The molecular formula is C21H18N4O8S2. The lowest BCUT2D eigenvalue weighted by Gasteiger charge is -2.55. The standard InChI is InChI=1S/C21H18N4O8S2/c1-12(26)23(16-3-2-8-34-16)17-18(27)22-10-21(20(28)29,11-35-19(17)22)7-6-13-4-5-14(24(30)31)9-15(13)25(32)33/h2-9,17,19H,10-11H2,1H3,(H,28,29)/t17?,19-,21?/m1/s1. The molecule has 12 nitrogen and oxygen atoms in total. The van der Waals surface area contributed by atoms with Crippen molar-refractivity contribution in [2.24, 2.45) is 5.41 Å². The maximum absolute atomic E-state index is 13.0. The molecule has 1 aromatic heterocycles. The van der Waals surface area contributed by atoms with Gasteiger partial charge in [0, 0.05) is 25.3 Å². The summed E-state index contributed by atoms with van der Waals surface area (Å²) in [5, 5.41) is 34.3. The number of anilines is 1. The fourth-order valence-electron chi connectivity index (χ4n) is 4.07. The van der Waals surface area contributed by atoms with Crippen molar-refractivity contribution in [2.45, 2.75) is 18.3 Å². The Morgan fingerprint density at radius 3 is 2.57 bits per heavy atom. The van der Waals surface area contributed by atoms with Crippen LogP contribution in [-0.4, -0.2) is 61.4 Å². The van der Waals surface area contributed by atoms with E-state index in [4.69, 9.17) is 0 Å². The van der Waals surface area contributed by atoms with E-state index < -0.39 is 44.0 Å². The second kappa shape index (κ2) is 9.11. The summed E-state index contributed by atoms with van der Waals surface area (Å²) in [6, 6.07) is 5.83. The number of hydrogen-bond acceptors (Lipinski definition) is 9. The Labute approximate surface area is 206 Å². The summed E-state index contributed by atoms with van der Waals surface area (Å²) in [7, 11) is 0. The SMILES string of the molecule is CC(=O)N(c1cccs1)C1C(=O)N2CC(C=Cc3ccc([N+](=O)[O-])cc3[N+](=O)[O-])(C(=O)O)CS[C@H]12. The number of carbonyl (C=O) groups excluding carboxylic acids is 2. The number of aliphatic carboxylic acids is 1. The fraction of sp³-hybridized carbons (Fsp3) is 0.286. The lowest BCUT2D eigenvalue weighted by Crippen LogP contribution is -2.74. The van der Waals surface area contributed by atoms with E-state index in [-0.39, 0.29) is 29.7 Å². The molecular weight excluding hydrogens is 500 g/mol. The number of hydrogen-bond donors (Lipinski definition) is 1. The molecule has 2 aliphatic heterocycles. The van der Waals surface area contributed by atoms with Crippen LogP contribution in [0.2, 0.25) is 0 Å². The monoisotopic (exact) mass is 518 g/mol. The van der Waals surface area contributed by atoms with Crippen LogP contribution < -0.4 is 4.90 Å². The van der Waals surface area contributed by atoms with Crippen molar-refractivity contribution in [1.29, 1.82) is 0 Å². The van der Waals surface area contributed by atoms with Crippen molar-refractivity contribution in [3.63, 3.8) is 0 Å². The molecule has 1 N–H and O–H groups in total. The van der Waals surface area contributed by atoms with Gasteiger partial charge in [-0.2, -0.15) is 0 Å². The molecule has 2 aromatic rings. The third kappa shape index (κ3) is 4.25. The van der Waals surface area contributed by atoms with Crippen LogP contribution >= 0.6 is 23.1 Å². The van der Waals surface area contributed by atoms with E-state index in [1.54, 1.807) is 17.5 Å². The van der Waals surface area contributed by atoms with Crippen molar-refractivity contribution >= 4 is 63.3 Å². The van der Waals surface area contributed by atoms with Gasteiger partial charge in [0.1, 0.15) is 16.8 Å². The smallest absolute Gasteiger partial charge is 0.316 e. The summed E-state index contributed by atoms with van der Waals surface area (Å²) in [5.74, 6) is -1.85. The second-order valence-corrected chi connectivity index (χ2v) is 10.0. The van der Waals surface area contributed by atoms with Gasteiger partial charge in [-0.05, 0) is 23.6 Å². The highest BCUT2D eigenvalue weighted by atomic mass is 32.2. The van der Waals surface area contributed by atoms with E-state index in [9.17, 15) is 39.7 Å². The molecule has 14 heteroatoms. The number of β-lactam (4-membered cyclic amide) rings is 1. The summed E-state index contributed by atoms with van der Waals surface area (Å²) in [4.78, 5) is 61.2. The van der Waals surface area contributed by atoms with Crippen LogP contribution in [0.25, 0.3) is 6.08 Å². The number of fused-ring (bicyclic) bond motifs is 1. The first-order valence-corrected chi connectivity index (χ1v) is 12.1. The molecule has 3 heterocycles. The van der Waals surface area contributed by atoms with Gasteiger partial charge in [0.2, 0.25) is 11.8 Å². The van der Waals surface area contributed by atoms with E-state index >= 15 is 0 Å². The molecule has 1 aromatic carbocycles. The summed E-state index contributed by atoms with van der Waals surface area (Å²) in [6.45, 7) is 1.19. The summed E-state index contributed by atoms with van der Waals surface area (Å²) >= 11 is 2.53. The molecule has 0 aliphatic carbocycles. The van der Waals surface area contributed by atoms with E-state index in [1.807, 2.05) is 0 Å². The van der Waals surface area contributed by atoms with Crippen molar-refractivity contribution in [3.05, 3.63) is 67.6 Å². The van der Waals surface area contributed by atoms with Crippen molar-refractivity contribution in [3.8, 4) is 0 Å². The Morgan fingerprint density at radius 1 is 1.26 bits per heavy atom. The lowest BCUT2D eigenvalue weighted by atomic mass is 9.86. The molecule has 0 saturated carbocycles. The van der Waals surface area contributed by atoms with Gasteiger partial charge in [-0.1, -0.05) is 12.2 Å². The van der Waals surface area contributed by atoms with E-state index in [0.29, 0.717) is 5.00 Å². The number of carboxylic acid groups (broad SMARTS) is 1. The van der Waals surface area contributed by atoms with Crippen LogP contribution in [-0.2, 0) is 14.4 Å². The predicted octanol–water partition coefficient (Wildman–Crippen LogP) is 2.99. The topological polar surface area (TPSA) is 164 Å². The molecule has 2 aliphatic rings. The van der Waals surface area contributed by atoms with Crippen LogP contribution in [0, 0.1) is 25.6 Å². The third-order valence-electron chi connectivity index (χ3n) is 5.87. The minimum Gasteiger partial charge on any atom is -0.481 e. The number of non-ortho nitro benzene ring substituents is 1. The van der Waals surface area contributed by atoms with Gasteiger partial charge in [-0.25, -0.2) is 0 Å². The average Bonchev–Trinajstić information content (AvgIpc) is 3.34. The first-order valence-electron chi connectivity index (χ1n) is 10.2. The minimum absolute atomic E-state index is 0.00149. The lowest BCUT2D eigenvalue weighted by molar-refractivity contribution is -0.394. The quantitative estimate of drug-likeness (QED) is 0.329. The molecule has 3 atom stereocenters. The number of nitrogens with zero attached hydrogens (tertiary/aromatic N) is 4. The Hall–Kier alpha value is -3.78. The number of thioether (sulfide) groups is 1. The van der Waals surface area contributed by atoms with Gasteiger partial charge >= 0.3 is 5.97 Å². The van der Waals surface area contributed by atoms with Crippen LogP contribution in [0.1, 0.15) is 12.5 Å². The predicted molar refractivity (Wildman–Crippen MR) is 128 cm³/mol. The molecule has 182 valence electrons. The first kappa shape index (κ1) is 24.3. The normalized spacial score (nSPS) is 23.5. The summed E-state index contributed by atoms with van der Waals surface area (Å²) in [6.07, 6.45) is 2.53. The number of amides is 2. The first-order chi connectivity index (χ1) is 16.6. The van der Waals surface area contributed by atoms with Crippen LogP contribution in [0.15, 0.2) is 41.8 Å². The Morgan fingerprint density at radius 2 is 2.00 bits per heavy atom. The van der Waals surface area contributed by atoms with Gasteiger partial charge in [0.15, 0.2) is 0 Å². The number of thiophene rings is 1.